The number of nitriles is 3. The molecular weight excluding hydrogens is 444 g/mol. The normalized spacial score (nSPS) is 29.2. The molecule has 2 aromatic rings. The third-order valence-electron chi connectivity index (χ3n) is 6.55. The van der Waals surface area contributed by atoms with Crippen molar-refractivity contribution in [2.24, 2.45) is 16.7 Å². The van der Waals surface area contributed by atoms with Gasteiger partial charge in [0.05, 0.1) is 36.8 Å². The summed E-state index contributed by atoms with van der Waals surface area (Å²) in [5, 5.41) is 39.9. The number of carbonyl (C=O) groups is 1. The van der Waals surface area contributed by atoms with E-state index in [0.717, 1.165) is 0 Å². The summed E-state index contributed by atoms with van der Waals surface area (Å²) in [6, 6.07) is 18.6. The number of carbonyl (C=O) groups excluding carboxylic acids is 1. The van der Waals surface area contributed by atoms with Crippen molar-refractivity contribution in [2.45, 2.75) is 18.8 Å². The van der Waals surface area contributed by atoms with Gasteiger partial charge in [-0.25, -0.2) is 4.79 Å². The van der Waals surface area contributed by atoms with Crippen LogP contribution in [0.15, 0.2) is 48.5 Å². The van der Waals surface area contributed by atoms with Crippen LogP contribution in [0.4, 0.5) is 0 Å². The summed E-state index contributed by atoms with van der Waals surface area (Å²) in [4.78, 5) is 11.8. The second-order valence-electron chi connectivity index (χ2n) is 7.89. The molecule has 2 bridgehead atoms. The van der Waals surface area contributed by atoms with Crippen molar-refractivity contribution in [1.82, 2.24) is 0 Å². The van der Waals surface area contributed by atoms with Crippen LogP contribution in [0.1, 0.15) is 34.5 Å². The van der Waals surface area contributed by atoms with Crippen LogP contribution in [0.5, 0.6) is 0 Å². The van der Waals surface area contributed by atoms with Crippen LogP contribution in [0, 0.1) is 56.2 Å². The lowest BCUT2D eigenvalue weighted by Gasteiger charge is -2.48. The van der Waals surface area contributed by atoms with Gasteiger partial charge in [-0.2, -0.15) is 15.8 Å². The van der Waals surface area contributed by atoms with E-state index < -0.39 is 40.5 Å². The van der Waals surface area contributed by atoms with Crippen LogP contribution < -0.4 is 0 Å². The zero-order valence-corrected chi connectivity index (χ0v) is 18.4. The average molecular weight is 461 g/mol. The molecule has 2 fully saturated rings. The molecule has 2 aliphatic rings. The Morgan fingerprint density at radius 3 is 2.18 bits per heavy atom. The maximum Gasteiger partial charge on any atom is 0.337 e. The smallest absolute Gasteiger partial charge is 0.337 e. The van der Waals surface area contributed by atoms with E-state index in [9.17, 15) is 20.6 Å². The van der Waals surface area contributed by atoms with Gasteiger partial charge in [-0.15, -0.1) is 0 Å². The predicted molar refractivity (Wildman–Crippen MR) is 114 cm³/mol. The molecule has 2 heterocycles. The largest absolute Gasteiger partial charge is 0.465 e. The van der Waals surface area contributed by atoms with Gasteiger partial charge in [-0.3, -0.25) is 5.41 Å². The minimum atomic E-state index is -2.10. The first-order valence-electron chi connectivity index (χ1n) is 9.90. The highest BCUT2D eigenvalue weighted by molar-refractivity contribution is 6.30. The van der Waals surface area contributed by atoms with Crippen LogP contribution in [-0.2, 0) is 20.0 Å². The van der Waals surface area contributed by atoms with Crippen LogP contribution >= 0.6 is 11.6 Å². The van der Waals surface area contributed by atoms with Gasteiger partial charge < -0.3 is 14.2 Å². The van der Waals surface area contributed by atoms with Crippen molar-refractivity contribution in [3.63, 3.8) is 0 Å². The number of benzene rings is 2. The fraction of sp³-hybridized carbons (Fsp3) is 0.292. The molecule has 4 rings (SSSR count). The maximum atomic E-state index is 11.8. The number of nitrogens with zero attached hydrogens (tertiary/aromatic N) is 3. The number of nitrogens with one attached hydrogen (secondary N) is 1. The quantitative estimate of drug-likeness (QED) is 0.675. The van der Waals surface area contributed by atoms with E-state index >= 15 is 0 Å². The van der Waals surface area contributed by atoms with Crippen molar-refractivity contribution in [1.29, 1.82) is 21.2 Å². The SMILES string of the molecule is COC(=O)c1ccc(C2OC3(c4ccc(Cl)cc4)OC(=N)C(C#N)(C3C)C2(C#N)C#N)cc1. The molecule has 0 aromatic heterocycles. The zero-order valence-electron chi connectivity index (χ0n) is 17.6. The number of hydrogen-bond donors (Lipinski definition) is 1. The van der Waals surface area contributed by atoms with Crippen molar-refractivity contribution < 1.29 is 19.0 Å². The van der Waals surface area contributed by atoms with Gasteiger partial charge in [-0.05, 0) is 29.8 Å². The van der Waals surface area contributed by atoms with Crippen molar-refractivity contribution >= 4 is 23.5 Å². The number of fused-ring (bicyclic) bond motifs is 2. The van der Waals surface area contributed by atoms with E-state index in [1.54, 1.807) is 31.2 Å². The molecule has 0 radical (unpaired) electrons. The highest BCUT2D eigenvalue weighted by Crippen LogP contribution is 2.68. The number of ether oxygens (including phenoxy) is 3. The van der Waals surface area contributed by atoms with Crippen LogP contribution in [0.3, 0.4) is 0 Å². The lowest BCUT2D eigenvalue weighted by Crippen LogP contribution is -2.57. The minimum absolute atomic E-state index is 0.263. The Morgan fingerprint density at radius 2 is 1.67 bits per heavy atom. The van der Waals surface area contributed by atoms with Gasteiger partial charge in [0, 0.05) is 10.6 Å². The van der Waals surface area contributed by atoms with Crippen LogP contribution in [-0.4, -0.2) is 19.0 Å². The molecule has 8 nitrogen and oxygen atoms in total. The molecule has 2 saturated heterocycles. The summed E-state index contributed by atoms with van der Waals surface area (Å²) < 4.78 is 17.0. The van der Waals surface area contributed by atoms with Crippen molar-refractivity contribution in [3.8, 4) is 18.2 Å². The lowest BCUT2D eigenvalue weighted by molar-refractivity contribution is -0.288. The number of esters is 1. The fourth-order valence-electron chi connectivity index (χ4n) is 4.76. The molecule has 1 N–H and O–H groups in total. The van der Waals surface area contributed by atoms with E-state index in [0.29, 0.717) is 16.1 Å². The Bertz CT molecular complexity index is 1260. The van der Waals surface area contributed by atoms with Gasteiger partial charge in [0.1, 0.15) is 6.10 Å². The highest BCUT2D eigenvalue weighted by atomic mass is 35.5. The number of rotatable bonds is 3. The van der Waals surface area contributed by atoms with E-state index in [2.05, 4.69) is 6.07 Å². The molecule has 4 unspecified atom stereocenters. The first kappa shape index (κ1) is 22.3. The zero-order chi connectivity index (χ0) is 24.0. The Balaban J connectivity index is 1.97. The first-order valence-corrected chi connectivity index (χ1v) is 10.3. The molecule has 0 spiro atoms. The molecule has 2 aliphatic heterocycles. The van der Waals surface area contributed by atoms with Crippen molar-refractivity contribution in [3.05, 3.63) is 70.2 Å². The lowest BCUT2D eigenvalue weighted by atomic mass is 9.53. The van der Waals surface area contributed by atoms with Crippen molar-refractivity contribution in [2.75, 3.05) is 7.11 Å². The summed E-state index contributed by atoms with van der Waals surface area (Å²) in [7, 11) is 1.26. The standard InChI is InChI=1S/C24H17ClN4O4/c1-14-23(13-28)21(29)33-24(14,17-7-9-18(25)10-8-17)32-19(22(23,11-26)12-27)15-3-5-16(6-4-15)20(30)31-2/h3-10,14,19,29H,1-2H3. The van der Waals surface area contributed by atoms with E-state index in [1.165, 1.54) is 31.4 Å². The topological polar surface area (TPSA) is 140 Å². The van der Waals surface area contributed by atoms with Gasteiger partial charge in [-0.1, -0.05) is 42.8 Å². The third-order valence-corrected chi connectivity index (χ3v) is 6.80. The Labute approximate surface area is 195 Å². The molecular formula is C24H17ClN4O4. The number of methoxy groups -OCH3 is 1. The van der Waals surface area contributed by atoms with Crippen LogP contribution in [0.2, 0.25) is 5.02 Å². The van der Waals surface area contributed by atoms with Gasteiger partial charge in [0.2, 0.25) is 17.1 Å². The average Bonchev–Trinajstić information content (AvgIpc) is 3.00. The van der Waals surface area contributed by atoms with Crippen LogP contribution in [0.25, 0.3) is 0 Å². The first-order chi connectivity index (χ1) is 15.8. The second kappa shape index (κ2) is 7.60. The third kappa shape index (κ3) is 2.71. The summed E-state index contributed by atoms with van der Waals surface area (Å²) in [6.45, 7) is 1.62. The fourth-order valence-corrected chi connectivity index (χ4v) is 4.89. The highest BCUT2D eigenvalue weighted by Gasteiger charge is 2.79. The second-order valence-corrected chi connectivity index (χ2v) is 8.33. The molecule has 0 aliphatic carbocycles. The van der Waals surface area contributed by atoms with E-state index in [-0.39, 0.29) is 5.56 Å². The molecule has 4 atom stereocenters. The molecule has 164 valence electrons. The molecule has 0 saturated carbocycles. The Hall–Kier alpha value is -3.90. The Morgan fingerprint density at radius 1 is 1.06 bits per heavy atom. The predicted octanol–water partition coefficient (Wildman–Crippen LogP) is 4.24. The summed E-state index contributed by atoms with van der Waals surface area (Å²) in [5.41, 5.74) is -2.90. The summed E-state index contributed by atoms with van der Waals surface area (Å²) >= 11 is 6.04. The summed E-state index contributed by atoms with van der Waals surface area (Å²) in [5.74, 6) is -3.55. The van der Waals surface area contributed by atoms with E-state index in [1.807, 2.05) is 12.1 Å². The van der Waals surface area contributed by atoms with Gasteiger partial charge in [0.15, 0.2) is 5.41 Å². The molecule has 9 heteroatoms. The van der Waals surface area contributed by atoms with E-state index in [4.69, 9.17) is 31.2 Å². The molecule has 0 amide bonds. The Kier molecular flexibility index (Phi) is 5.14. The molecule has 2 aromatic carbocycles. The number of halogens is 1. The van der Waals surface area contributed by atoms with Gasteiger partial charge >= 0.3 is 5.97 Å². The maximum absolute atomic E-state index is 11.8. The number of hydrogen-bond acceptors (Lipinski definition) is 8. The summed E-state index contributed by atoms with van der Waals surface area (Å²) in [6.07, 6.45) is -1.27. The van der Waals surface area contributed by atoms with Gasteiger partial charge in [0.25, 0.3) is 0 Å². The monoisotopic (exact) mass is 460 g/mol. The molecule has 33 heavy (non-hydrogen) atoms. The minimum Gasteiger partial charge on any atom is -0.465 e.